The van der Waals surface area contributed by atoms with E-state index in [-0.39, 0.29) is 63.9 Å². The molecule has 0 saturated carbocycles. The summed E-state index contributed by atoms with van der Waals surface area (Å²) in [4.78, 5) is 37.4. The van der Waals surface area contributed by atoms with Crippen LogP contribution < -0.4 is 66.1 Å². The van der Waals surface area contributed by atoms with Gasteiger partial charge in [-0.05, 0) is 43.5 Å². The number of para-hydroxylation sites is 2. The average molecular weight is 405 g/mol. The van der Waals surface area contributed by atoms with E-state index < -0.39 is 17.8 Å². The van der Waals surface area contributed by atoms with Gasteiger partial charge in [-0.25, -0.2) is 4.90 Å². The van der Waals surface area contributed by atoms with Crippen LogP contribution in [0.25, 0.3) is 0 Å². The Hall–Kier alpha value is -1.51. The summed E-state index contributed by atoms with van der Waals surface area (Å²) in [5.74, 6) is -1.54. The minimum Gasteiger partial charge on any atom is -0.550 e. The molecule has 1 aliphatic heterocycles. The van der Waals surface area contributed by atoms with Gasteiger partial charge in [-0.1, -0.05) is 37.6 Å². The smallest absolute Gasteiger partial charge is 0.550 e. The van der Waals surface area contributed by atoms with Crippen LogP contribution in [0.5, 0.6) is 5.75 Å². The number of anilines is 1. The Labute approximate surface area is 206 Å². The summed E-state index contributed by atoms with van der Waals surface area (Å²) >= 11 is 0. The Kier molecular flexibility index (Phi) is 8.39. The van der Waals surface area contributed by atoms with Crippen molar-refractivity contribution in [2.24, 2.45) is 0 Å². The molecule has 1 aliphatic rings. The second-order valence-electron chi connectivity index (χ2n) is 6.40. The van der Waals surface area contributed by atoms with Crippen molar-refractivity contribution >= 4 is 23.5 Å². The molecule has 0 radical (unpaired) electrons. The summed E-state index contributed by atoms with van der Waals surface area (Å²) in [5, 5.41) is 10.8. The molecule has 2 amide bonds. The molecule has 3 rings (SSSR count). The Morgan fingerprint density at radius 2 is 1.57 bits per heavy atom. The molecule has 0 spiro atoms. The van der Waals surface area contributed by atoms with Crippen LogP contribution >= 0.6 is 0 Å². The Bertz CT molecular complexity index is 848. The number of aliphatic carboxylic acids is 1. The molecule has 140 valence electrons. The molecule has 28 heavy (non-hydrogen) atoms. The Morgan fingerprint density at radius 3 is 2.14 bits per heavy atom. The molecule has 2 aromatic carbocycles. The van der Waals surface area contributed by atoms with Crippen molar-refractivity contribution in [3.8, 4) is 5.75 Å². The maximum Gasteiger partial charge on any atom is 1.00 e. The van der Waals surface area contributed by atoms with Gasteiger partial charge in [0.2, 0.25) is 0 Å². The van der Waals surface area contributed by atoms with Gasteiger partial charge in [-0.3, -0.25) is 9.59 Å². The predicted octanol–water partition coefficient (Wildman–Crippen LogP) is -0.431. The third-order valence-corrected chi connectivity index (χ3v) is 4.47. The van der Waals surface area contributed by atoms with Crippen molar-refractivity contribution in [2.45, 2.75) is 38.7 Å². The third-order valence-electron chi connectivity index (χ3n) is 4.47. The number of benzene rings is 2. The van der Waals surface area contributed by atoms with Crippen molar-refractivity contribution in [1.82, 2.24) is 0 Å². The number of nitrogens with zero attached hydrogens (tertiary/aromatic N) is 1. The zero-order chi connectivity index (χ0) is 19.4. The van der Waals surface area contributed by atoms with Crippen LogP contribution in [-0.2, 0) is 4.79 Å². The van der Waals surface area contributed by atoms with E-state index in [4.69, 9.17) is 4.74 Å². The number of fused-ring (bicyclic) bond motifs is 1. The Morgan fingerprint density at radius 1 is 1.00 bits per heavy atom. The minimum absolute atomic E-state index is 0. The van der Waals surface area contributed by atoms with E-state index in [9.17, 15) is 19.5 Å². The number of amides is 2. The molecule has 7 heteroatoms. The molecule has 0 fully saturated rings. The van der Waals surface area contributed by atoms with Crippen LogP contribution in [0.4, 0.5) is 5.69 Å². The van der Waals surface area contributed by atoms with E-state index in [1.54, 1.807) is 48.5 Å². The normalized spacial score (nSPS) is 13.7. The first-order valence-electron chi connectivity index (χ1n) is 8.96. The maximum absolute atomic E-state index is 12.7. The van der Waals surface area contributed by atoms with Crippen LogP contribution in [0.2, 0.25) is 0 Å². The van der Waals surface area contributed by atoms with Crippen molar-refractivity contribution in [2.75, 3.05) is 4.90 Å². The fourth-order valence-electron chi connectivity index (χ4n) is 3.19. The van der Waals surface area contributed by atoms with E-state index >= 15 is 0 Å². The van der Waals surface area contributed by atoms with Gasteiger partial charge in [-0.15, -0.1) is 0 Å². The molecule has 0 aromatic heterocycles. The van der Waals surface area contributed by atoms with Crippen molar-refractivity contribution in [3.05, 3.63) is 59.7 Å². The zero-order valence-electron chi connectivity index (χ0n) is 16.0. The molecule has 2 aromatic rings. The van der Waals surface area contributed by atoms with Crippen LogP contribution in [0.15, 0.2) is 48.5 Å². The fourth-order valence-corrected chi connectivity index (χ4v) is 3.19. The van der Waals surface area contributed by atoms with Crippen molar-refractivity contribution in [3.63, 3.8) is 0 Å². The molecule has 1 atom stereocenters. The second-order valence-corrected chi connectivity index (χ2v) is 6.40. The van der Waals surface area contributed by atoms with Crippen LogP contribution in [0.1, 0.15) is 53.3 Å². The molecule has 0 N–H and O–H groups in total. The molecule has 0 saturated heterocycles. The molecular weight excluding hydrogens is 385 g/mol. The van der Waals surface area contributed by atoms with E-state index in [0.29, 0.717) is 35.4 Å². The van der Waals surface area contributed by atoms with E-state index in [2.05, 4.69) is 0 Å². The van der Waals surface area contributed by atoms with Gasteiger partial charge in [0, 0.05) is 5.97 Å². The summed E-state index contributed by atoms with van der Waals surface area (Å²) in [6.07, 6.45) is 1.31. The number of hydrogen-bond acceptors (Lipinski definition) is 5. The second kappa shape index (κ2) is 10.3. The van der Waals surface area contributed by atoms with Crippen molar-refractivity contribution in [1.29, 1.82) is 0 Å². The topological polar surface area (TPSA) is 86.7 Å². The minimum atomic E-state index is -1.13. The van der Waals surface area contributed by atoms with Crippen LogP contribution in [0, 0.1) is 0 Å². The Balaban J connectivity index is 0.00000280. The zero-order valence-corrected chi connectivity index (χ0v) is 19.1. The summed E-state index contributed by atoms with van der Waals surface area (Å²) in [6.45, 7) is 1.98. The quantitative estimate of drug-likeness (QED) is 0.439. The largest absolute Gasteiger partial charge is 1.00 e. The summed E-state index contributed by atoms with van der Waals surface area (Å²) in [5.41, 5.74) is 1.08. The molecule has 1 unspecified atom stereocenters. The number of carbonyl (C=O) groups is 3. The number of imide groups is 1. The first-order chi connectivity index (χ1) is 13.0. The number of rotatable bonds is 8. The van der Waals surface area contributed by atoms with Crippen molar-refractivity contribution < 1.29 is 75.6 Å². The number of ether oxygens (including phenoxy) is 1. The number of carboxylic acids is 1. The molecule has 0 bridgehead atoms. The van der Waals surface area contributed by atoms with Gasteiger partial charge in [0.25, 0.3) is 11.8 Å². The van der Waals surface area contributed by atoms with Gasteiger partial charge >= 0.3 is 51.4 Å². The third kappa shape index (κ3) is 4.90. The molecule has 0 aliphatic carbocycles. The van der Waals surface area contributed by atoms with E-state index in [1.807, 2.05) is 6.92 Å². The number of carbonyl (C=O) groups excluding carboxylic acids is 3. The number of hydrogen-bond donors (Lipinski definition) is 0. The summed E-state index contributed by atoms with van der Waals surface area (Å²) in [6, 6.07) is 13.5. The SMILES string of the molecule is CCCC(CCC(=O)[O-])Oc1ccccc1N1C(=O)c2ccccc2C1=O.[K+]. The first kappa shape index (κ1) is 22.8. The maximum atomic E-state index is 12.7. The average Bonchev–Trinajstić information content (AvgIpc) is 2.91. The molecular formula is C21H20KNO5. The van der Waals surface area contributed by atoms with E-state index in [0.717, 1.165) is 11.3 Å². The van der Waals surface area contributed by atoms with Gasteiger partial charge in [0.05, 0.1) is 22.9 Å². The summed E-state index contributed by atoms with van der Waals surface area (Å²) < 4.78 is 6.01. The van der Waals surface area contributed by atoms with Crippen LogP contribution in [0.3, 0.4) is 0 Å². The monoisotopic (exact) mass is 405 g/mol. The molecule has 1 heterocycles. The van der Waals surface area contributed by atoms with Gasteiger partial charge in [0.15, 0.2) is 0 Å². The number of carboxylic acid groups (broad SMARTS) is 1. The van der Waals surface area contributed by atoms with Crippen LogP contribution in [-0.4, -0.2) is 23.9 Å². The molecule has 6 nitrogen and oxygen atoms in total. The van der Waals surface area contributed by atoms with Gasteiger partial charge < -0.3 is 14.6 Å². The standard InChI is InChI=1S/C21H21NO5.K/c1-2-7-14(12-13-19(23)24)27-18-11-6-5-10-17(18)22-20(25)15-8-3-4-9-16(15)21(22)26;/h3-6,8-11,14H,2,7,12-13H2,1H3,(H,23,24);/q;+1/p-1. The summed E-state index contributed by atoms with van der Waals surface area (Å²) in [7, 11) is 0. The van der Waals surface area contributed by atoms with Gasteiger partial charge in [-0.2, -0.15) is 0 Å². The first-order valence-corrected chi connectivity index (χ1v) is 8.96. The fraction of sp³-hybridized carbons (Fsp3) is 0.286. The van der Waals surface area contributed by atoms with Gasteiger partial charge in [0.1, 0.15) is 5.75 Å². The predicted molar refractivity (Wildman–Crippen MR) is 97.6 cm³/mol. The van der Waals surface area contributed by atoms with E-state index in [1.165, 1.54) is 0 Å².